The van der Waals surface area contributed by atoms with Crippen molar-refractivity contribution in [2.24, 2.45) is 0 Å². The Morgan fingerprint density at radius 1 is 1.30 bits per heavy atom. The van der Waals surface area contributed by atoms with Crippen LogP contribution in [0.1, 0.15) is 43.0 Å². The number of ether oxygens (including phenoxy) is 1. The van der Waals surface area contributed by atoms with Crippen LogP contribution in [0.5, 0.6) is 0 Å². The number of hydrogen-bond donors (Lipinski definition) is 0. The van der Waals surface area contributed by atoms with Gasteiger partial charge in [-0.2, -0.15) is 0 Å². The largest absolute Gasteiger partial charge is 0.464 e. The van der Waals surface area contributed by atoms with E-state index in [1.165, 1.54) is 28.6 Å². The molecule has 3 heterocycles. The highest BCUT2D eigenvalue weighted by molar-refractivity contribution is 8.00. The van der Waals surface area contributed by atoms with Gasteiger partial charge in [0.2, 0.25) is 5.91 Å². The number of thioether (sulfide) groups is 1. The second kappa shape index (κ2) is 8.14. The summed E-state index contributed by atoms with van der Waals surface area (Å²) in [4.78, 5) is 38.1. The zero-order valence-electron chi connectivity index (χ0n) is 15.4. The number of esters is 1. The molecule has 2 aromatic rings. The van der Waals surface area contributed by atoms with E-state index >= 15 is 0 Å². The molecule has 0 radical (unpaired) electrons. The standard InChI is InChI=1S/C19H23N3O3S2/c1-2-25-19(24)13-7-3-4-9-22(13)15(23)10-26-17-16-12-6-5-8-14(12)27-18(16)21-11-20-17/h11,13H,2-10H2,1H3/t13-/m1/s1. The number of piperidine rings is 1. The number of carbonyl (C=O) groups excluding carboxylic acids is 2. The summed E-state index contributed by atoms with van der Waals surface area (Å²) in [6.45, 7) is 2.76. The number of nitrogens with zero attached hydrogens (tertiary/aromatic N) is 3. The minimum absolute atomic E-state index is 0.0172. The van der Waals surface area contributed by atoms with Crippen molar-refractivity contribution in [1.82, 2.24) is 14.9 Å². The van der Waals surface area contributed by atoms with E-state index in [2.05, 4.69) is 9.97 Å². The van der Waals surface area contributed by atoms with Gasteiger partial charge in [-0.1, -0.05) is 11.8 Å². The molecular formula is C19H23N3O3S2. The first-order valence-corrected chi connectivity index (χ1v) is 11.3. The number of rotatable bonds is 5. The van der Waals surface area contributed by atoms with Gasteiger partial charge in [0.1, 0.15) is 22.2 Å². The van der Waals surface area contributed by atoms with Crippen LogP contribution >= 0.6 is 23.1 Å². The Morgan fingerprint density at radius 2 is 2.19 bits per heavy atom. The van der Waals surface area contributed by atoms with Crippen molar-refractivity contribution in [2.75, 3.05) is 18.9 Å². The first-order chi connectivity index (χ1) is 13.2. The zero-order valence-corrected chi connectivity index (χ0v) is 17.0. The highest BCUT2D eigenvalue weighted by atomic mass is 32.2. The SMILES string of the molecule is CCOC(=O)[C@H]1CCCCN1C(=O)CSc1ncnc2sc3c(c12)CCC3. The second-order valence-electron chi connectivity index (χ2n) is 6.86. The molecule has 0 N–H and O–H groups in total. The molecule has 1 amide bonds. The molecule has 144 valence electrons. The van der Waals surface area contributed by atoms with Crippen LogP contribution in [0.15, 0.2) is 11.4 Å². The minimum Gasteiger partial charge on any atom is -0.464 e. The molecular weight excluding hydrogens is 382 g/mol. The number of thiophene rings is 1. The van der Waals surface area contributed by atoms with Crippen molar-refractivity contribution in [3.8, 4) is 0 Å². The molecule has 1 atom stereocenters. The smallest absolute Gasteiger partial charge is 0.328 e. The Balaban J connectivity index is 1.49. The molecule has 0 spiro atoms. The van der Waals surface area contributed by atoms with E-state index in [1.54, 1.807) is 29.5 Å². The molecule has 2 aliphatic rings. The molecule has 0 unspecified atom stereocenters. The number of carbonyl (C=O) groups is 2. The predicted octanol–water partition coefficient (Wildman–Crippen LogP) is 3.22. The Labute approximate surface area is 166 Å². The lowest BCUT2D eigenvalue weighted by Crippen LogP contribution is -2.49. The summed E-state index contributed by atoms with van der Waals surface area (Å²) >= 11 is 3.21. The summed E-state index contributed by atoms with van der Waals surface area (Å²) in [5.41, 5.74) is 1.37. The van der Waals surface area contributed by atoms with E-state index in [0.717, 1.165) is 40.9 Å². The van der Waals surface area contributed by atoms with E-state index in [1.807, 2.05) is 0 Å². The van der Waals surface area contributed by atoms with E-state index in [-0.39, 0.29) is 17.6 Å². The average molecular weight is 406 g/mol. The molecule has 0 aromatic carbocycles. The summed E-state index contributed by atoms with van der Waals surface area (Å²) in [5.74, 6) is -0.0147. The van der Waals surface area contributed by atoms with E-state index in [9.17, 15) is 9.59 Å². The van der Waals surface area contributed by atoms with Gasteiger partial charge >= 0.3 is 5.97 Å². The van der Waals surface area contributed by atoms with Crippen LogP contribution in [0, 0.1) is 0 Å². The van der Waals surface area contributed by atoms with Gasteiger partial charge in [-0.15, -0.1) is 11.3 Å². The van der Waals surface area contributed by atoms with Crippen LogP contribution in [0.4, 0.5) is 0 Å². The summed E-state index contributed by atoms with van der Waals surface area (Å²) in [7, 11) is 0. The van der Waals surface area contributed by atoms with Crippen molar-refractivity contribution in [3.63, 3.8) is 0 Å². The third kappa shape index (κ3) is 3.69. The third-order valence-corrected chi connectivity index (χ3v) is 7.35. The summed E-state index contributed by atoms with van der Waals surface area (Å²) in [6.07, 6.45) is 7.53. The number of aromatic nitrogens is 2. The molecule has 8 heteroatoms. The minimum atomic E-state index is -0.442. The molecule has 1 aliphatic carbocycles. The van der Waals surface area contributed by atoms with Crippen molar-refractivity contribution in [2.45, 2.75) is 56.5 Å². The maximum atomic E-state index is 12.9. The first kappa shape index (κ1) is 18.7. The summed E-state index contributed by atoms with van der Waals surface area (Å²) in [6, 6.07) is -0.442. The fraction of sp³-hybridized carbons (Fsp3) is 0.579. The molecule has 1 fully saturated rings. The van der Waals surface area contributed by atoms with E-state index in [0.29, 0.717) is 19.6 Å². The number of amides is 1. The summed E-state index contributed by atoms with van der Waals surface area (Å²) in [5, 5.41) is 2.02. The normalized spacial score (nSPS) is 19.3. The number of hydrogen-bond acceptors (Lipinski definition) is 7. The van der Waals surface area contributed by atoms with E-state index in [4.69, 9.17) is 4.74 Å². The quantitative estimate of drug-likeness (QED) is 0.432. The Kier molecular flexibility index (Phi) is 5.63. The van der Waals surface area contributed by atoms with Crippen molar-refractivity contribution < 1.29 is 14.3 Å². The average Bonchev–Trinajstić information content (AvgIpc) is 3.27. The Hall–Kier alpha value is -1.67. The van der Waals surface area contributed by atoms with Crippen molar-refractivity contribution in [1.29, 1.82) is 0 Å². The van der Waals surface area contributed by atoms with Gasteiger partial charge in [0.25, 0.3) is 0 Å². The van der Waals surface area contributed by atoms with Crippen LogP contribution < -0.4 is 0 Å². The molecule has 0 saturated carbocycles. The lowest BCUT2D eigenvalue weighted by molar-refractivity contribution is -0.155. The highest BCUT2D eigenvalue weighted by Crippen LogP contribution is 2.40. The predicted molar refractivity (Wildman–Crippen MR) is 106 cm³/mol. The van der Waals surface area contributed by atoms with Crippen molar-refractivity contribution in [3.05, 3.63) is 16.8 Å². The maximum Gasteiger partial charge on any atom is 0.328 e. The number of aryl methyl sites for hydroxylation is 2. The molecule has 1 saturated heterocycles. The third-order valence-electron chi connectivity index (χ3n) is 5.18. The zero-order chi connectivity index (χ0) is 18.8. The Bertz CT molecular complexity index is 867. The number of fused-ring (bicyclic) bond motifs is 3. The van der Waals surface area contributed by atoms with Gasteiger partial charge in [0.05, 0.1) is 12.4 Å². The van der Waals surface area contributed by atoms with Gasteiger partial charge in [-0.05, 0) is 51.0 Å². The topological polar surface area (TPSA) is 72.4 Å². The monoisotopic (exact) mass is 405 g/mol. The fourth-order valence-corrected chi connectivity index (χ4v) is 6.14. The lowest BCUT2D eigenvalue weighted by atomic mass is 10.0. The van der Waals surface area contributed by atoms with Gasteiger partial charge in [0.15, 0.2) is 0 Å². The highest BCUT2D eigenvalue weighted by Gasteiger charge is 2.33. The fourth-order valence-electron chi connectivity index (χ4n) is 3.94. The molecule has 0 bridgehead atoms. The molecule has 2 aromatic heterocycles. The maximum absolute atomic E-state index is 12.9. The summed E-state index contributed by atoms with van der Waals surface area (Å²) < 4.78 is 5.16. The molecule has 6 nitrogen and oxygen atoms in total. The van der Waals surface area contributed by atoms with Gasteiger partial charge in [-0.25, -0.2) is 14.8 Å². The molecule has 1 aliphatic heterocycles. The number of likely N-dealkylation sites (tertiary alicyclic amines) is 1. The van der Waals surface area contributed by atoms with Crippen molar-refractivity contribution >= 4 is 45.2 Å². The molecule has 27 heavy (non-hydrogen) atoms. The van der Waals surface area contributed by atoms with Crippen LogP contribution in [-0.2, 0) is 27.2 Å². The second-order valence-corrected chi connectivity index (χ2v) is 8.90. The lowest BCUT2D eigenvalue weighted by Gasteiger charge is -2.34. The Morgan fingerprint density at radius 3 is 3.04 bits per heavy atom. The van der Waals surface area contributed by atoms with Gasteiger partial charge in [0, 0.05) is 16.8 Å². The van der Waals surface area contributed by atoms with Crippen LogP contribution in [0.25, 0.3) is 10.2 Å². The van der Waals surface area contributed by atoms with Crippen LogP contribution in [-0.4, -0.2) is 51.7 Å². The van der Waals surface area contributed by atoms with Gasteiger partial charge < -0.3 is 9.64 Å². The van der Waals surface area contributed by atoms with E-state index < -0.39 is 6.04 Å². The van der Waals surface area contributed by atoms with Gasteiger partial charge in [-0.3, -0.25) is 4.79 Å². The molecule has 4 rings (SSSR count). The van der Waals surface area contributed by atoms with Crippen LogP contribution in [0.3, 0.4) is 0 Å². The van der Waals surface area contributed by atoms with Crippen LogP contribution in [0.2, 0.25) is 0 Å². The first-order valence-electron chi connectivity index (χ1n) is 9.53.